The summed E-state index contributed by atoms with van der Waals surface area (Å²) in [6.07, 6.45) is 0. The first-order valence-corrected chi connectivity index (χ1v) is 4.92. The summed E-state index contributed by atoms with van der Waals surface area (Å²) in [5, 5.41) is -0.0677. The zero-order chi connectivity index (χ0) is 9.74. The van der Waals surface area contributed by atoms with Gasteiger partial charge in [0.05, 0.1) is 0 Å². The highest BCUT2D eigenvalue weighted by molar-refractivity contribution is 6.64. The lowest BCUT2D eigenvalue weighted by atomic mass is 9.51. The first-order chi connectivity index (χ1) is 5.87. The van der Waals surface area contributed by atoms with Crippen LogP contribution in [0.15, 0.2) is 0 Å². The maximum Gasteiger partial charge on any atom is 0.384 e. The van der Waals surface area contributed by atoms with Gasteiger partial charge in [-0.05, 0) is 0 Å². The molecule has 3 heterocycles. The lowest BCUT2D eigenvalue weighted by Gasteiger charge is -2.62. The average molecular weight is 185 g/mol. The van der Waals surface area contributed by atoms with E-state index in [0.29, 0.717) is 0 Å². The van der Waals surface area contributed by atoms with Crippen molar-refractivity contribution in [3.8, 4) is 0 Å². The quantitative estimate of drug-likeness (QED) is 0.538. The lowest BCUT2D eigenvalue weighted by molar-refractivity contribution is -0.136. The van der Waals surface area contributed by atoms with Crippen molar-refractivity contribution in [2.45, 2.75) is 33.0 Å². The molecule has 0 unspecified atom stereocenters. The molecule has 13 heavy (non-hydrogen) atoms. The Balaban J connectivity index is 2.20. The van der Waals surface area contributed by atoms with E-state index in [4.69, 9.17) is 14.0 Å². The van der Waals surface area contributed by atoms with Gasteiger partial charge in [0, 0.05) is 25.2 Å². The normalized spacial score (nSPS) is 45.2. The topological polar surface area (TPSA) is 27.7 Å². The van der Waals surface area contributed by atoms with Crippen molar-refractivity contribution >= 4 is 6.75 Å². The molecule has 0 N–H and O–H groups in total. The monoisotopic (exact) mass is 185 g/mol. The Hall–Kier alpha value is -0.0551. The van der Waals surface area contributed by atoms with E-state index in [0.717, 1.165) is 19.8 Å². The summed E-state index contributed by atoms with van der Waals surface area (Å²) >= 11 is 0. The van der Waals surface area contributed by atoms with E-state index < -0.39 is 6.75 Å². The molecular weight excluding hydrogens is 167 g/mol. The van der Waals surface area contributed by atoms with Crippen LogP contribution < -0.4 is 0 Å². The highest BCUT2D eigenvalue weighted by Crippen LogP contribution is 2.47. The Morgan fingerprint density at radius 3 is 1.69 bits per heavy atom. The van der Waals surface area contributed by atoms with E-state index in [1.54, 1.807) is 0 Å². The number of hydrogen-bond acceptors (Lipinski definition) is 3. The molecule has 0 aromatic heterocycles. The maximum atomic E-state index is 5.75. The fourth-order valence-electron chi connectivity index (χ4n) is 1.95. The molecule has 2 bridgehead atoms. The van der Waals surface area contributed by atoms with Crippen LogP contribution in [0.5, 0.6) is 0 Å². The van der Waals surface area contributed by atoms with Crippen LogP contribution in [-0.4, -0.2) is 26.6 Å². The van der Waals surface area contributed by atoms with Gasteiger partial charge in [0.25, 0.3) is 0 Å². The molecule has 3 aliphatic heterocycles. The molecule has 4 heteroatoms. The molecule has 3 nitrogen and oxygen atoms in total. The zero-order valence-electron chi connectivity index (χ0n) is 8.92. The number of hydrogen-bond donors (Lipinski definition) is 0. The Morgan fingerprint density at radius 2 is 1.38 bits per heavy atom. The summed E-state index contributed by atoms with van der Waals surface area (Å²) in [4.78, 5) is 0. The zero-order valence-corrected chi connectivity index (χ0v) is 8.92. The predicted octanol–water partition coefficient (Wildman–Crippen LogP) is 1.81. The molecule has 0 saturated carbocycles. The molecule has 3 saturated heterocycles. The van der Waals surface area contributed by atoms with Crippen LogP contribution in [-0.2, 0) is 14.0 Å². The Bertz CT molecular complexity index is 197. The first-order valence-electron chi connectivity index (χ1n) is 4.92. The Morgan fingerprint density at radius 1 is 1.00 bits per heavy atom. The van der Waals surface area contributed by atoms with E-state index in [2.05, 4.69) is 27.7 Å². The van der Waals surface area contributed by atoms with Gasteiger partial charge in [0.15, 0.2) is 0 Å². The fraction of sp³-hybridized carbons (Fsp3) is 1.00. The van der Waals surface area contributed by atoms with Crippen LogP contribution >= 0.6 is 0 Å². The summed E-state index contributed by atoms with van der Waals surface area (Å²) < 4.78 is 17.2. The van der Waals surface area contributed by atoms with E-state index in [9.17, 15) is 0 Å². The fourth-order valence-corrected chi connectivity index (χ4v) is 1.95. The Kier molecular flexibility index (Phi) is 1.82. The van der Waals surface area contributed by atoms with Gasteiger partial charge in [-0.25, -0.2) is 0 Å². The molecule has 76 valence electrons. The number of rotatable bonds is 0. The largest absolute Gasteiger partial charge is 0.544 e. The van der Waals surface area contributed by atoms with Gasteiger partial charge in [-0.3, -0.25) is 0 Å². The van der Waals surface area contributed by atoms with Crippen LogP contribution in [0.25, 0.3) is 0 Å². The molecule has 0 amide bonds. The Labute approximate surface area is 79.8 Å². The molecule has 0 aromatic carbocycles. The molecule has 0 radical (unpaired) electrons. The van der Waals surface area contributed by atoms with Crippen molar-refractivity contribution in [2.75, 3.05) is 19.8 Å². The molecule has 0 atom stereocenters. The van der Waals surface area contributed by atoms with Gasteiger partial charge in [-0.15, -0.1) is 0 Å². The minimum absolute atomic E-state index is 0.0677. The van der Waals surface area contributed by atoms with E-state index >= 15 is 0 Å². The number of fused-ring (bicyclic) bond motifs is 3. The van der Waals surface area contributed by atoms with Crippen LogP contribution in [0.1, 0.15) is 27.7 Å². The van der Waals surface area contributed by atoms with E-state index in [-0.39, 0.29) is 10.7 Å². The summed E-state index contributed by atoms with van der Waals surface area (Å²) in [7, 11) is 0. The van der Waals surface area contributed by atoms with Crippen LogP contribution in [0.3, 0.4) is 0 Å². The van der Waals surface area contributed by atoms with Crippen molar-refractivity contribution in [2.24, 2.45) is 5.41 Å². The SMILES string of the molecule is CC12CO[B-](C(C)(C)C)(OC1)OC2. The van der Waals surface area contributed by atoms with Gasteiger partial charge in [0.1, 0.15) is 0 Å². The van der Waals surface area contributed by atoms with E-state index in [1.807, 2.05) is 0 Å². The van der Waals surface area contributed by atoms with Gasteiger partial charge in [-0.2, -0.15) is 0 Å². The predicted molar refractivity (Wildman–Crippen MR) is 51.4 cm³/mol. The minimum Gasteiger partial charge on any atom is -0.544 e. The van der Waals surface area contributed by atoms with Crippen molar-refractivity contribution in [1.82, 2.24) is 0 Å². The summed E-state index contributed by atoms with van der Waals surface area (Å²) in [5.41, 5.74) is 0.0781. The van der Waals surface area contributed by atoms with E-state index in [1.165, 1.54) is 0 Å². The van der Waals surface area contributed by atoms with Gasteiger partial charge in [-0.1, -0.05) is 33.0 Å². The summed E-state index contributed by atoms with van der Waals surface area (Å²) in [6.45, 7) is 9.24. The third-order valence-electron chi connectivity index (χ3n) is 3.01. The summed E-state index contributed by atoms with van der Waals surface area (Å²) in [5.74, 6) is 0. The van der Waals surface area contributed by atoms with Gasteiger partial charge < -0.3 is 14.0 Å². The van der Waals surface area contributed by atoms with Crippen molar-refractivity contribution < 1.29 is 14.0 Å². The average Bonchev–Trinajstić information content (AvgIpc) is 2.04. The minimum atomic E-state index is -1.49. The van der Waals surface area contributed by atoms with Gasteiger partial charge in [0.2, 0.25) is 0 Å². The van der Waals surface area contributed by atoms with Crippen molar-refractivity contribution in [3.63, 3.8) is 0 Å². The molecule has 3 rings (SSSR count). The highest BCUT2D eigenvalue weighted by atomic mass is 16.8. The molecule has 0 aliphatic carbocycles. The van der Waals surface area contributed by atoms with Crippen LogP contribution in [0.4, 0.5) is 0 Å². The second kappa shape index (κ2) is 2.50. The second-order valence-corrected chi connectivity index (χ2v) is 5.75. The third kappa shape index (κ3) is 1.32. The molecule has 3 aliphatic rings. The van der Waals surface area contributed by atoms with Crippen molar-refractivity contribution in [3.05, 3.63) is 0 Å². The molecular formula is C9H18BO3-. The first kappa shape index (κ1) is 9.50. The third-order valence-corrected chi connectivity index (χ3v) is 3.01. The van der Waals surface area contributed by atoms with Crippen molar-refractivity contribution in [1.29, 1.82) is 0 Å². The maximum absolute atomic E-state index is 5.75. The highest BCUT2D eigenvalue weighted by Gasteiger charge is 2.51. The van der Waals surface area contributed by atoms with Gasteiger partial charge >= 0.3 is 6.75 Å². The van der Waals surface area contributed by atoms with Crippen LogP contribution in [0.2, 0.25) is 5.31 Å². The second-order valence-electron chi connectivity index (χ2n) is 5.75. The molecule has 0 spiro atoms. The standard InChI is InChI=1S/C9H18BO3/c1-8(2,3)10-11-5-9(4,6-12-10)7-13-10/h5-7H2,1-4H3/q-1. The molecule has 3 fully saturated rings. The lowest BCUT2D eigenvalue weighted by Crippen LogP contribution is -2.66. The summed E-state index contributed by atoms with van der Waals surface area (Å²) in [6, 6.07) is 0. The smallest absolute Gasteiger partial charge is 0.384 e. The van der Waals surface area contributed by atoms with Crippen LogP contribution in [0, 0.1) is 5.41 Å². The molecule has 0 aromatic rings.